The largest absolute Gasteiger partial charge is 0.288 e. The fourth-order valence-corrected chi connectivity index (χ4v) is 4.35. The molecule has 0 fully saturated rings. The zero-order valence-electron chi connectivity index (χ0n) is 10.7. The monoisotopic (exact) mass is 342 g/mol. The SMILES string of the molecule is O=C(c1ccc(Br)s1)c1ccc2c3c(cccc13)CC2. The van der Waals surface area contributed by atoms with Crippen LogP contribution in [0, 0.1) is 0 Å². The van der Waals surface area contributed by atoms with Crippen LogP contribution >= 0.6 is 27.3 Å². The van der Waals surface area contributed by atoms with Gasteiger partial charge in [0.25, 0.3) is 0 Å². The highest BCUT2D eigenvalue weighted by molar-refractivity contribution is 9.11. The van der Waals surface area contributed by atoms with Gasteiger partial charge in [-0.05, 0) is 62.8 Å². The van der Waals surface area contributed by atoms with Crippen LogP contribution in [0.1, 0.15) is 26.4 Å². The van der Waals surface area contributed by atoms with E-state index in [0.717, 1.165) is 32.5 Å². The van der Waals surface area contributed by atoms with Gasteiger partial charge in [-0.3, -0.25) is 4.79 Å². The van der Waals surface area contributed by atoms with Gasteiger partial charge >= 0.3 is 0 Å². The molecule has 0 saturated carbocycles. The summed E-state index contributed by atoms with van der Waals surface area (Å²) in [6.45, 7) is 0. The van der Waals surface area contributed by atoms with E-state index in [1.54, 1.807) is 0 Å². The average Bonchev–Trinajstić information content (AvgIpc) is 3.07. The average molecular weight is 343 g/mol. The van der Waals surface area contributed by atoms with Gasteiger partial charge in [-0.2, -0.15) is 0 Å². The third-order valence-electron chi connectivity index (χ3n) is 3.92. The maximum absolute atomic E-state index is 12.7. The lowest BCUT2D eigenvalue weighted by molar-refractivity contribution is 0.104. The van der Waals surface area contributed by atoms with Gasteiger partial charge in [0, 0.05) is 5.56 Å². The number of carbonyl (C=O) groups is 1. The molecule has 0 aliphatic heterocycles. The summed E-state index contributed by atoms with van der Waals surface area (Å²) in [4.78, 5) is 13.5. The van der Waals surface area contributed by atoms with Gasteiger partial charge in [0.05, 0.1) is 8.66 Å². The van der Waals surface area contributed by atoms with Crippen LogP contribution < -0.4 is 0 Å². The van der Waals surface area contributed by atoms with E-state index in [9.17, 15) is 4.79 Å². The molecule has 0 N–H and O–H groups in total. The third kappa shape index (κ3) is 1.77. The summed E-state index contributed by atoms with van der Waals surface area (Å²) >= 11 is 4.91. The molecule has 20 heavy (non-hydrogen) atoms. The van der Waals surface area contributed by atoms with Crippen molar-refractivity contribution in [2.75, 3.05) is 0 Å². The van der Waals surface area contributed by atoms with Crippen LogP contribution in [0.25, 0.3) is 10.8 Å². The van der Waals surface area contributed by atoms with Crippen molar-refractivity contribution in [1.29, 1.82) is 0 Å². The maximum Gasteiger partial charge on any atom is 0.203 e. The van der Waals surface area contributed by atoms with E-state index in [0.29, 0.717) is 0 Å². The summed E-state index contributed by atoms with van der Waals surface area (Å²) < 4.78 is 0.992. The molecule has 98 valence electrons. The van der Waals surface area contributed by atoms with E-state index in [2.05, 4.69) is 40.2 Å². The summed E-state index contributed by atoms with van der Waals surface area (Å²) in [6.07, 6.45) is 2.18. The van der Waals surface area contributed by atoms with E-state index in [1.807, 2.05) is 18.2 Å². The highest BCUT2D eigenvalue weighted by atomic mass is 79.9. The fraction of sp³-hybridized carbons (Fsp3) is 0.118. The van der Waals surface area contributed by atoms with Crippen molar-refractivity contribution in [1.82, 2.24) is 0 Å². The summed E-state index contributed by atoms with van der Waals surface area (Å²) in [7, 11) is 0. The smallest absolute Gasteiger partial charge is 0.203 e. The number of thiophene rings is 1. The molecule has 4 rings (SSSR count). The van der Waals surface area contributed by atoms with Crippen molar-refractivity contribution >= 4 is 43.8 Å². The topological polar surface area (TPSA) is 17.1 Å². The number of hydrogen-bond acceptors (Lipinski definition) is 2. The molecule has 1 nitrogen and oxygen atoms in total. The summed E-state index contributed by atoms with van der Waals surface area (Å²) in [5.41, 5.74) is 3.57. The Labute approximate surface area is 129 Å². The van der Waals surface area contributed by atoms with Gasteiger partial charge < -0.3 is 0 Å². The van der Waals surface area contributed by atoms with Crippen LogP contribution in [0.15, 0.2) is 46.3 Å². The first kappa shape index (κ1) is 12.3. The lowest BCUT2D eigenvalue weighted by Gasteiger charge is -2.07. The maximum atomic E-state index is 12.7. The van der Waals surface area contributed by atoms with Crippen LogP contribution in [0.5, 0.6) is 0 Å². The first-order chi connectivity index (χ1) is 9.74. The van der Waals surface area contributed by atoms with Crippen molar-refractivity contribution in [2.45, 2.75) is 12.8 Å². The number of hydrogen-bond donors (Lipinski definition) is 0. The standard InChI is InChI=1S/C17H11BrOS/c18-15-9-8-14(20-15)17(19)13-7-6-11-5-4-10-2-1-3-12(13)16(10)11/h1-3,6-9H,4-5H2. The molecule has 0 atom stereocenters. The quantitative estimate of drug-likeness (QED) is 0.599. The van der Waals surface area contributed by atoms with Crippen LogP contribution in [0.2, 0.25) is 0 Å². The number of aryl methyl sites for hydroxylation is 2. The molecule has 0 radical (unpaired) electrons. The van der Waals surface area contributed by atoms with Gasteiger partial charge in [-0.15, -0.1) is 11.3 Å². The van der Waals surface area contributed by atoms with E-state index in [4.69, 9.17) is 0 Å². The molecule has 0 spiro atoms. The first-order valence-electron chi connectivity index (χ1n) is 6.57. The molecule has 3 aromatic rings. The molecule has 1 aliphatic rings. The van der Waals surface area contributed by atoms with Gasteiger partial charge in [0.15, 0.2) is 0 Å². The van der Waals surface area contributed by atoms with E-state index < -0.39 is 0 Å². The van der Waals surface area contributed by atoms with Gasteiger partial charge in [0.2, 0.25) is 5.78 Å². The zero-order valence-corrected chi connectivity index (χ0v) is 13.1. The Morgan fingerprint density at radius 1 is 1.00 bits per heavy atom. The Bertz CT molecular complexity index is 837. The Kier molecular flexibility index (Phi) is 2.79. The van der Waals surface area contributed by atoms with Crippen LogP contribution in [-0.4, -0.2) is 5.78 Å². The Morgan fingerprint density at radius 2 is 1.80 bits per heavy atom. The van der Waals surface area contributed by atoms with Crippen LogP contribution in [-0.2, 0) is 12.8 Å². The second kappa shape index (κ2) is 4.54. The molecule has 0 saturated heterocycles. The molecule has 0 amide bonds. The molecule has 0 bridgehead atoms. The minimum absolute atomic E-state index is 0.122. The lowest BCUT2D eigenvalue weighted by Crippen LogP contribution is -2.00. The van der Waals surface area contributed by atoms with E-state index >= 15 is 0 Å². The number of halogens is 1. The second-order valence-electron chi connectivity index (χ2n) is 5.04. The number of carbonyl (C=O) groups excluding carboxylic acids is 1. The van der Waals surface area contributed by atoms with Crippen molar-refractivity contribution in [3.63, 3.8) is 0 Å². The number of rotatable bonds is 2. The normalized spacial score (nSPS) is 13.1. The van der Waals surface area contributed by atoms with Crippen LogP contribution in [0.3, 0.4) is 0 Å². The van der Waals surface area contributed by atoms with E-state index in [1.165, 1.54) is 27.8 Å². The van der Waals surface area contributed by atoms with Crippen molar-refractivity contribution in [3.8, 4) is 0 Å². The summed E-state index contributed by atoms with van der Waals surface area (Å²) in [6, 6.07) is 14.2. The number of ketones is 1. The summed E-state index contributed by atoms with van der Waals surface area (Å²) in [5, 5.41) is 2.40. The lowest BCUT2D eigenvalue weighted by atomic mass is 9.97. The Balaban J connectivity index is 1.95. The number of benzene rings is 2. The zero-order chi connectivity index (χ0) is 13.7. The van der Waals surface area contributed by atoms with Crippen molar-refractivity contribution in [2.24, 2.45) is 0 Å². The molecule has 1 aliphatic carbocycles. The summed E-state index contributed by atoms with van der Waals surface area (Å²) in [5.74, 6) is 0.122. The highest BCUT2D eigenvalue weighted by Gasteiger charge is 2.20. The molecule has 0 unspecified atom stereocenters. The third-order valence-corrected chi connectivity index (χ3v) is 5.54. The molecule has 1 heterocycles. The van der Waals surface area contributed by atoms with E-state index in [-0.39, 0.29) is 5.78 Å². The molecule has 2 aromatic carbocycles. The minimum atomic E-state index is 0.122. The molecule has 1 aromatic heterocycles. The Hall–Kier alpha value is -1.45. The van der Waals surface area contributed by atoms with Gasteiger partial charge in [-0.1, -0.05) is 30.3 Å². The van der Waals surface area contributed by atoms with Crippen molar-refractivity contribution < 1.29 is 4.79 Å². The molecular formula is C17H11BrOS. The predicted molar refractivity (Wildman–Crippen MR) is 86.8 cm³/mol. The van der Waals surface area contributed by atoms with Gasteiger partial charge in [0.1, 0.15) is 0 Å². The second-order valence-corrected chi connectivity index (χ2v) is 7.51. The highest BCUT2D eigenvalue weighted by Crippen LogP contribution is 2.34. The van der Waals surface area contributed by atoms with Gasteiger partial charge in [-0.25, -0.2) is 0 Å². The van der Waals surface area contributed by atoms with Crippen LogP contribution in [0.4, 0.5) is 0 Å². The molecular weight excluding hydrogens is 332 g/mol. The fourth-order valence-electron chi connectivity index (χ4n) is 3.01. The predicted octanol–water partition coefficient (Wildman–Crippen LogP) is 4.99. The van der Waals surface area contributed by atoms with Crippen molar-refractivity contribution in [3.05, 3.63) is 67.8 Å². The Morgan fingerprint density at radius 3 is 2.55 bits per heavy atom. The minimum Gasteiger partial charge on any atom is -0.288 e. The molecule has 3 heteroatoms. The first-order valence-corrected chi connectivity index (χ1v) is 8.18.